The van der Waals surface area contributed by atoms with E-state index in [9.17, 15) is 125 Å². The SMILES string of the molecule is CCOc1c(F)c(OCC)c(S(=O)(=O)[N-]S(=O)(=O)C(F)(F)F)c(N2CC/C=C\CCCC2)c1F.O=S(=O)([N-]S(=O)(=O)C(F)(F)F)c1c(F)c(F)c(F)c(F)c1N1CC/C=C\CCCC1.O=S(=O)([N-]S(=O)(=O)C(F)(F)F)c1c(F)c(F)c(F)c(F)c1N1CCC/C=C\CCC1.[Na+].[Na+].[Na+]. The van der Waals surface area contributed by atoms with Crippen molar-refractivity contribution in [3.05, 3.63) is 107 Å². The zero-order valence-corrected chi connectivity index (χ0v) is 62.0. The van der Waals surface area contributed by atoms with E-state index in [1.54, 1.807) is 38.6 Å². The summed E-state index contributed by atoms with van der Waals surface area (Å²) in [6, 6.07) is 0. The van der Waals surface area contributed by atoms with Gasteiger partial charge < -0.3 is 36.6 Å². The minimum Gasteiger partial charge on any atom is -0.489 e. The van der Waals surface area contributed by atoms with Crippen LogP contribution in [0.4, 0.5) is 100 Å². The second-order valence-electron chi connectivity index (χ2n) is 19.3. The normalized spacial score (nSPS) is 17.0. The van der Waals surface area contributed by atoms with Crippen LogP contribution in [0.3, 0.4) is 0 Å². The molecule has 0 unspecified atom stereocenters. The van der Waals surface area contributed by atoms with Crippen LogP contribution in [-0.2, 0) is 60.1 Å². The van der Waals surface area contributed by atoms with Crippen molar-refractivity contribution in [3.8, 4) is 11.5 Å². The number of allylic oxidation sites excluding steroid dienone is 4. The molecule has 0 bridgehead atoms. The van der Waals surface area contributed by atoms with Crippen molar-refractivity contribution in [2.75, 3.05) is 67.2 Å². The number of anilines is 3. The number of benzene rings is 3. The Morgan fingerprint density at radius 3 is 0.907 bits per heavy atom. The van der Waals surface area contributed by atoms with Crippen molar-refractivity contribution >= 4 is 77.2 Å². The summed E-state index contributed by atoms with van der Waals surface area (Å²) < 4.78 is 415. The van der Waals surface area contributed by atoms with Crippen molar-refractivity contribution in [3.63, 3.8) is 0 Å². The number of hydrogen-bond acceptors (Lipinski definition) is 17. The van der Waals surface area contributed by atoms with Crippen molar-refractivity contribution in [2.45, 2.75) is 122 Å². The monoisotopic (exact) mass is 1570 g/mol. The van der Waals surface area contributed by atoms with Crippen LogP contribution < -0.4 is 113 Å². The van der Waals surface area contributed by atoms with Crippen LogP contribution >= 0.6 is 0 Å². The molecule has 97 heavy (non-hydrogen) atoms. The standard InChI is InChI=1S/C19H24F5N2O6S2.2C15H14F7N2O4S2.3Na/c1-3-31-16-13(20)15(26-11-9-7-5-6-8-10-12-26)18(17(14(16)21)32-4-2)33(27,28)25-34(29,30)19(22,23)24;2*16-9-10(17)12(19)14(29(25,26)23-30(27,28)15(20,21)22)13(11(9)18)24-7-5-3-1-2-4-6-8-24;;;/h5,7H,3-4,6,8-12H2,1-2H3;1,3H,2,4-8H2;1-2H,3-8H2;;;/q3*-1;3*+1/b7-5-;3-1-;2-1-;;;. The summed E-state index contributed by atoms with van der Waals surface area (Å²) in [4.78, 5) is -2.94. The molecule has 0 aromatic heterocycles. The number of rotatable bonds is 16. The Bertz CT molecular complexity index is 4060. The number of hydrogen-bond donors (Lipinski definition) is 0. The molecule has 0 aliphatic carbocycles. The first-order valence-electron chi connectivity index (χ1n) is 26.8. The van der Waals surface area contributed by atoms with Crippen LogP contribution in [0, 0.1) is 58.2 Å². The van der Waals surface area contributed by atoms with Gasteiger partial charge in [-0.1, -0.05) is 36.5 Å². The first kappa shape index (κ1) is 92.1. The number of sulfonamides is 6. The zero-order chi connectivity index (χ0) is 71.5. The van der Waals surface area contributed by atoms with Gasteiger partial charge >= 0.3 is 105 Å². The Kier molecular flexibility index (Phi) is 35.6. The molecule has 3 aromatic carbocycles. The molecule has 48 heteroatoms. The smallest absolute Gasteiger partial charge is 0.489 e. The molecule has 3 aliphatic heterocycles. The summed E-state index contributed by atoms with van der Waals surface area (Å²) in [6.07, 6.45) is 15.2. The van der Waals surface area contributed by atoms with E-state index in [-0.39, 0.29) is 167 Å². The van der Waals surface area contributed by atoms with Gasteiger partial charge in [-0.05, 0) is 90.9 Å². The number of halogens is 19. The van der Waals surface area contributed by atoms with E-state index < -0.39 is 178 Å². The summed E-state index contributed by atoms with van der Waals surface area (Å²) in [6.45, 7) is 1.27. The van der Waals surface area contributed by atoms with Gasteiger partial charge in [0, 0.05) is 39.3 Å². The Hall–Kier alpha value is -2.87. The molecule has 0 radical (unpaired) electrons. The number of ether oxygens (including phenoxy) is 2. The van der Waals surface area contributed by atoms with Gasteiger partial charge in [0.15, 0.2) is 93.9 Å². The van der Waals surface area contributed by atoms with E-state index in [1.165, 1.54) is 18.7 Å². The average Bonchev–Trinajstić information content (AvgIpc) is 0.849. The maximum absolute atomic E-state index is 15.6. The molecule has 0 spiro atoms. The molecule has 0 saturated carbocycles. The quantitative estimate of drug-likeness (QED) is 0.0648. The predicted octanol–water partition coefficient (Wildman–Crippen LogP) is 3.81. The molecule has 0 fully saturated rings. The van der Waals surface area contributed by atoms with E-state index in [0.29, 0.717) is 51.4 Å². The molecule has 0 atom stereocenters. The molecule has 0 amide bonds. The third-order valence-corrected chi connectivity index (χ3v) is 21.9. The summed E-state index contributed by atoms with van der Waals surface area (Å²) >= 11 is 0. The van der Waals surface area contributed by atoms with E-state index in [2.05, 4.69) is 0 Å². The van der Waals surface area contributed by atoms with Gasteiger partial charge in [-0.3, -0.25) is 0 Å². The molecular weight excluding hydrogens is 1520 g/mol. The van der Waals surface area contributed by atoms with Crippen LogP contribution in [0.5, 0.6) is 11.5 Å². The van der Waals surface area contributed by atoms with E-state index in [0.717, 1.165) is 9.80 Å². The Morgan fingerprint density at radius 2 is 0.588 bits per heavy atom. The third kappa shape index (κ3) is 23.1. The second-order valence-corrected chi connectivity index (χ2v) is 29.4. The van der Waals surface area contributed by atoms with Crippen molar-refractivity contribution < 1.29 is 232 Å². The summed E-state index contributed by atoms with van der Waals surface area (Å²) in [5.41, 5.74) is -22.1. The fourth-order valence-electron chi connectivity index (χ4n) is 8.65. The fourth-order valence-corrected chi connectivity index (χ4v) is 16.1. The largest absolute Gasteiger partial charge is 1.00 e. The molecule has 534 valence electrons. The number of alkyl halides is 9. The van der Waals surface area contributed by atoms with Gasteiger partial charge in [-0.25, -0.2) is 90.0 Å². The molecular formula is C49H52F19N6Na3O14S6. The van der Waals surface area contributed by atoms with Gasteiger partial charge in [-0.15, -0.1) is 0 Å². The van der Waals surface area contributed by atoms with Crippen LogP contribution in [0.15, 0.2) is 51.1 Å². The molecule has 0 saturated heterocycles. The van der Waals surface area contributed by atoms with Gasteiger partial charge in [0.1, 0.15) is 44.8 Å². The van der Waals surface area contributed by atoms with Crippen LogP contribution in [0.2, 0.25) is 0 Å². The van der Waals surface area contributed by atoms with Crippen molar-refractivity contribution in [2.24, 2.45) is 0 Å². The fraction of sp³-hybridized carbons (Fsp3) is 0.510. The molecule has 20 nitrogen and oxygen atoms in total. The van der Waals surface area contributed by atoms with Crippen LogP contribution in [0.25, 0.3) is 12.4 Å². The zero-order valence-electron chi connectivity index (χ0n) is 51.1. The van der Waals surface area contributed by atoms with Crippen molar-refractivity contribution in [1.82, 2.24) is 0 Å². The van der Waals surface area contributed by atoms with Crippen LogP contribution in [-0.4, -0.2) is 120 Å². The van der Waals surface area contributed by atoms with E-state index in [4.69, 9.17) is 9.47 Å². The third-order valence-electron chi connectivity index (χ3n) is 12.7. The first-order chi connectivity index (χ1) is 43.2. The Morgan fingerprint density at radius 1 is 0.330 bits per heavy atom. The molecule has 0 N–H and O–H groups in total. The van der Waals surface area contributed by atoms with Gasteiger partial charge in [0.2, 0.25) is 5.82 Å². The maximum atomic E-state index is 15.6. The average molecular weight is 1570 g/mol. The second kappa shape index (κ2) is 37.5. The first-order valence-corrected chi connectivity index (χ1v) is 35.5. The number of nitrogens with zero attached hydrogens (tertiary/aromatic N) is 6. The molecule has 6 rings (SSSR count). The Labute approximate surface area is 611 Å². The van der Waals surface area contributed by atoms with Crippen LogP contribution in [0.1, 0.15) is 90.9 Å². The topological polar surface area (TPSA) is 275 Å². The van der Waals surface area contributed by atoms with Crippen molar-refractivity contribution in [1.29, 1.82) is 0 Å². The van der Waals surface area contributed by atoms with Gasteiger partial charge in [-0.2, -0.15) is 43.9 Å². The summed E-state index contributed by atoms with van der Waals surface area (Å²) in [7, 11) is -38.2. The minimum absolute atomic E-state index is 0. The molecule has 3 aromatic rings. The molecule has 3 heterocycles. The Balaban J connectivity index is 0.000000718. The van der Waals surface area contributed by atoms with Gasteiger partial charge in [0.25, 0.3) is 0 Å². The van der Waals surface area contributed by atoms with Gasteiger partial charge in [0.05, 0.1) is 30.3 Å². The summed E-state index contributed by atoms with van der Waals surface area (Å²) in [5, 5.41) is 0. The predicted molar refractivity (Wildman–Crippen MR) is 297 cm³/mol. The van der Waals surface area contributed by atoms with E-state index >= 15 is 8.78 Å². The minimum atomic E-state index is -6.72. The van der Waals surface area contributed by atoms with E-state index in [1.807, 2.05) is 10.2 Å². The molecule has 3 aliphatic rings. The summed E-state index contributed by atoms with van der Waals surface area (Å²) in [5.74, 6) is -25.0. The maximum Gasteiger partial charge on any atom is 1.00 e.